The highest BCUT2D eigenvalue weighted by atomic mass is 19.1. The first kappa shape index (κ1) is 14.5. The molecule has 21 heavy (non-hydrogen) atoms. The minimum Gasteiger partial charge on any atom is -0.325 e. The second-order valence-corrected chi connectivity index (χ2v) is 6.28. The molecule has 3 nitrogen and oxygen atoms in total. The summed E-state index contributed by atoms with van der Waals surface area (Å²) in [6.45, 7) is 1.48. The first-order valence-electron chi connectivity index (χ1n) is 8.02. The van der Waals surface area contributed by atoms with Crippen LogP contribution in [0.2, 0.25) is 0 Å². The van der Waals surface area contributed by atoms with Gasteiger partial charge in [0.25, 0.3) is 0 Å². The van der Waals surface area contributed by atoms with Gasteiger partial charge >= 0.3 is 0 Å². The smallest absolute Gasteiger partial charge is 0.238 e. The Labute approximate surface area is 125 Å². The number of amides is 1. The zero-order valence-electron chi connectivity index (χ0n) is 12.4. The van der Waals surface area contributed by atoms with E-state index in [4.69, 9.17) is 0 Å². The van der Waals surface area contributed by atoms with Crippen LogP contribution in [0.3, 0.4) is 0 Å². The van der Waals surface area contributed by atoms with Crippen molar-refractivity contribution < 1.29 is 9.18 Å². The van der Waals surface area contributed by atoms with E-state index >= 15 is 0 Å². The van der Waals surface area contributed by atoms with Crippen molar-refractivity contribution in [1.82, 2.24) is 4.90 Å². The summed E-state index contributed by atoms with van der Waals surface area (Å²) in [5.74, 6) is 0.507. The lowest BCUT2D eigenvalue weighted by Gasteiger charge is -2.43. The van der Waals surface area contributed by atoms with E-state index in [2.05, 4.69) is 10.2 Å². The quantitative estimate of drug-likeness (QED) is 0.925. The van der Waals surface area contributed by atoms with Crippen molar-refractivity contribution >= 4 is 11.6 Å². The van der Waals surface area contributed by atoms with Crippen molar-refractivity contribution in [3.8, 4) is 0 Å². The van der Waals surface area contributed by atoms with Gasteiger partial charge in [-0.1, -0.05) is 12.8 Å². The molecule has 0 bridgehead atoms. The Morgan fingerprint density at radius 3 is 2.67 bits per heavy atom. The molecule has 1 aliphatic carbocycles. The summed E-state index contributed by atoms with van der Waals surface area (Å²) in [5, 5.41) is 2.86. The zero-order valence-corrected chi connectivity index (χ0v) is 12.4. The van der Waals surface area contributed by atoms with Crippen molar-refractivity contribution in [3.63, 3.8) is 0 Å². The van der Waals surface area contributed by atoms with E-state index < -0.39 is 0 Å². The Balaban J connectivity index is 1.57. The van der Waals surface area contributed by atoms with Crippen LogP contribution >= 0.6 is 0 Å². The van der Waals surface area contributed by atoms with Crippen LogP contribution in [0.15, 0.2) is 24.3 Å². The number of likely N-dealkylation sites (tertiary alicyclic amines) is 1. The molecule has 1 aromatic carbocycles. The number of carbonyl (C=O) groups excluding carboxylic acids is 1. The van der Waals surface area contributed by atoms with E-state index in [0.717, 1.165) is 12.5 Å². The van der Waals surface area contributed by atoms with Crippen molar-refractivity contribution in [1.29, 1.82) is 0 Å². The van der Waals surface area contributed by atoms with Gasteiger partial charge in [-0.05, 0) is 62.4 Å². The summed E-state index contributed by atoms with van der Waals surface area (Å²) in [5.41, 5.74) is 0.665. The van der Waals surface area contributed by atoms with Gasteiger partial charge in [0, 0.05) is 11.7 Å². The number of hydrogen-bond donors (Lipinski definition) is 1. The molecule has 1 saturated carbocycles. The summed E-state index contributed by atoms with van der Waals surface area (Å²) in [4.78, 5) is 14.5. The molecule has 114 valence electrons. The average molecular weight is 290 g/mol. The molecule has 0 spiro atoms. The first-order chi connectivity index (χ1) is 10.2. The van der Waals surface area contributed by atoms with Crippen molar-refractivity contribution in [3.05, 3.63) is 30.1 Å². The number of carbonyl (C=O) groups is 1. The molecular weight excluding hydrogens is 267 g/mol. The highest BCUT2D eigenvalue weighted by Gasteiger charge is 2.33. The van der Waals surface area contributed by atoms with Crippen LogP contribution in [0, 0.1) is 11.7 Å². The van der Waals surface area contributed by atoms with E-state index in [0.29, 0.717) is 18.3 Å². The monoisotopic (exact) mass is 290 g/mol. The lowest BCUT2D eigenvalue weighted by molar-refractivity contribution is -0.118. The molecule has 1 aliphatic heterocycles. The third-order valence-corrected chi connectivity index (χ3v) is 4.83. The summed E-state index contributed by atoms with van der Waals surface area (Å²) < 4.78 is 12.9. The molecule has 1 saturated heterocycles. The van der Waals surface area contributed by atoms with E-state index in [1.54, 1.807) is 12.1 Å². The second-order valence-electron chi connectivity index (χ2n) is 6.28. The summed E-state index contributed by atoms with van der Waals surface area (Å²) >= 11 is 0. The lowest BCUT2D eigenvalue weighted by Crippen LogP contribution is -2.49. The third kappa shape index (κ3) is 3.62. The standard InChI is InChI=1S/C17H23FN2O/c18-14-7-9-15(10-8-14)19-17(21)12-20-11-3-5-13-4-1-2-6-16(13)20/h7-10,13,16H,1-6,11-12H2,(H,19,21)/t13-,16-/m0/s1. The number of nitrogens with zero attached hydrogens (tertiary/aromatic N) is 1. The van der Waals surface area contributed by atoms with Crippen molar-refractivity contribution in [2.75, 3.05) is 18.4 Å². The molecule has 1 amide bonds. The summed E-state index contributed by atoms with van der Waals surface area (Å²) in [7, 11) is 0. The number of halogens is 1. The summed E-state index contributed by atoms with van der Waals surface area (Å²) in [6, 6.07) is 6.53. The maximum Gasteiger partial charge on any atom is 0.238 e. The van der Waals surface area contributed by atoms with Crippen LogP contribution in [-0.2, 0) is 4.79 Å². The van der Waals surface area contributed by atoms with E-state index in [-0.39, 0.29) is 11.7 Å². The highest BCUT2D eigenvalue weighted by molar-refractivity contribution is 5.92. The van der Waals surface area contributed by atoms with Gasteiger partial charge in [-0.2, -0.15) is 0 Å². The Hall–Kier alpha value is -1.42. The molecule has 1 aromatic rings. The van der Waals surface area contributed by atoms with Crippen LogP contribution in [0.1, 0.15) is 38.5 Å². The van der Waals surface area contributed by atoms with Crippen molar-refractivity contribution in [2.24, 2.45) is 5.92 Å². The summed E-state index contributed by atoms with van der Waals surface area (Å²) in [6.07, 6.45) is 7.70. The van der Waals surface area contributed by atoms with Crippen LogP contribution in [-0.4, -0.2) is 29.9 Å². The maximum absolute atomic E-state index is 12.9. The lowest BCUT2D eigenvalue weighted by atomic mass is 9.78. The Morgan fingerprint density at radius 1 is 1.14 bits per heavy atom. The number of hydrogen-bond acceptors (Lipinski definition) is 2. The molecule has 2 atom stereocenters. The van der Waals surface area contributed by atoms with Crippen molar-refractivity contribution in [2.45, 2.75) is 44.6 Å². The van der Waals surface area contributed by atoms with Gasteiger partial charge in [0.1, 0.15) is 5.82 Å². The fraction of sp³-hybridized carbons (Fsp3) is 0.588. The average Bonchev–Trinajstić information content (AvgIpc) is 2.50. The van der Waals surface area contributed by atoms with E-state index in [9.17, 15) is 9.18 Å². The van der Waals surface area contributed by atoms with Gasteiger partial charge in [0.2, 0.25) is 5.91 Å². The SMILES string of the molecule is O=C(CN1CCC[C@@H]2CCCC[C@@H]21)Nc1ccc(F)cc1. The Bertz CT molecular complexity index is 486. The molecule has 0 aromatic heterocycles. The van der Waals surface area contributed by atoms with Gasteiger partial charge in [-0.25, -0.2) is 4.39 Å². The molecule has 0 unspecified atom stereocenters. The zero-order chi connectivity index (χ0) is 14.7. The number of piperidine rings is 1. The van der Waals surface area contributed by atoms with Crippen LogP contribution in [0.4, 0.5) is 10.1 Å². The van der Waals surface area contributed by atoms with E-state index in [1.165, 1.54) is 50.7 Å². The Kier molecular flexibility index (Phi) is 4.54. The van der Waals surface area contributed by atoms with Crippen LogP contribution in [0.25, 0.3) is 0 Å². The number of anilines is 1. The molecule has 2 aliphatic rings. The molecule has 1 N–H and O–H groups in total. The minimum absolute atomic E-state index is 0.00725. The number of nitrogens with one attached hydrogen (secondary N) is 1. The molecule has 2 fully saturated rings. The Morgan fingerprint density at radius 2 is 1.86 bits per heavy atom. The molecule has 1 heterocycles. The highest BCUT2D eigenvalue weighted by Crippen LogP contribution is 2.35. The van der Waals surface area contributed by atoms with Gasteiger partial charge in [-0.3, -0.25) is 9.69 Å². The largest absolute Gasteiger partial charge is 0.325 e. The predicted octanol–water partition coefficient (Wildman–Crippen LogP) is 3.42. The number of rotatable bonds is 3. The predicted molar refractivity (Wildman–Crippen MR) is 81.6 cm³/mol. The van der Waals surface area contributed by atoms with Crippen LogP contribution in [0.5, 0.6) is 0 Å². The maximum atomic E-state index is 12.9. The molecule has 0 radical (unpaired) electrons. The van der Waals surface area contributed by atoms with Gasteiger partial charge < -0.3 is 5.32 Å². The second kappa shape index (κ2) is 6.56. The van der Waals surface area contributed by atoms with Gasteiger partial charge in [0.15, 0.2) is 0 Å². The fourth-order valence-corrected chi connectivity index (χ4v) is 3.84. The van der Waals surface area contributed by atoms with Gasteiger partial charge in [-0.15, -0.1) is 0 Å². The molecule has 3 rings (SSSR count). The molecule has 4 heteroatoms. The minimum atomic E-state index is -0.283. The van der Waals surface area contributed by atoms with E-state index in [1.807, 2.05) is 0 Å². The molecular formula is C17H23FN2O. The topological polar surface area (TPSA) is 32.3 Å². The fourth-order valence-electron chi connectivity index (χ4n) is 3.84. The van der Waals surface area contributed by atoms with Crippen LogP contribution < -0.4 is 5.32 Å². The number of benzene rings is 1. The first-order valence-corrected chi connectivity index (χ1v) is 8.02. The number of fused-ring (bicyclic) bond motifs is 1. The normalized spacial score (nSPS) is 26.1. The third-order valence-electron chi connectivity index (χ3n) is 4.83. The van der Waals surface area contributed by atoms with Gasteiger partial charge in [0.05, 0.1) is 6.54 Å².